The van der Waals surface area contributed by atoms with Gasteiger partial charge in [-0.1, -0.05) is 19.3 Å². The predicted molar refractivity (Wildman–Crippen MR) is 139 cm³/mol. The van der Waals surface area contributed by atoms with Crippen LogP contribution in [0.3, 0.4) is 0 Å². The van der Waals surface area contributed by atoms with E-state index >= 15 is 0 Å². The number of carbonyl (C=O) groups excluding carboxylic acids is 1. The first-order valence-corrected chi connectivity index (χ1v) is 14.7. The molecule has 5 fully saturated rings. The molecule has 0 radical (unpaired) electrons. The van der Waals surface area contributed by atoms with Gasteiger partial charge in [0.25, 0.3) is 0 Å². The van der Waals surface area contributed by atoms with Gasteiger partial charge >= 0.3 is 0 Å². The van der Waals surface area contributed by atoms with Gasteiger partial charge in [0.1, 0.15) is 0 Å². The van der Waals surface area contributed by atoms with Crippen molar-refractivity contribution >= 4 is 5.91 Å². The van der Waals surface area contributed by atoms with Gasteiger partial charge in [0.15, 0.2) is 0 Å². The second-order valence-corrected chi connectivity index (χ2v) is 13.2. The third-order valence-corrected chi connectivity index (χ3v) is 11.0. The maximum atomic E-state index is 13.5. The number of rotatable bonds is 6. The molecule has 6 nitrogen and oxygen atoms in total. The van der Waals surface area contributed by atoms with E-state index in [1.165, 1.54) is 90.3 Å². The van der Waals surface area contributed by atoms with Gasteiger partial charge in [-0.2, -0.15) is 0 Å². The minimum atomic E-state index is -0.00932. The summed E-state index contributed by atoms with van der Waals surface area (Å²) in [5.74, 6) is 3.64. The Kier molecular flexibility index (Phi) is 8.13. The van der Waals surface area contributed by atoms with E-state index in [1.54, 1.807) is 0 Å². The third-order valence-electron chi connectivity index (χ3n) is 11.0. The molecule has 6 atom stereocenters. The van der Waals surface area contributed by atoms with E-state index in [2.05, 4.69) is 9.80 Å². The van der Waals surface area contributed by atoms with Gasteiger partial charge in [0.2, 0.25) is 5.91 Å². The standard InChI is InChI=1S/C29H51N3O3/c1-30(2)18-27(34)32-20-29(11-13-31(14-12-29)17-21-7-5-4-6-8-21)28-24-10-9-23(35-3)15-22(24)16-25(28)26(32)19-33/h21-26,28,33H,4-20H2,1-3H3/t22?,23?,24?,25?,26-,28?/m1/s1. The molecule has 2 heterocycles. The number of fused-ring (bicyclic) bond motifs is 4. The number of likely N-dealkylation sites (N-methyl/N-ethyl adjacent to an activating group) is 1. The minimum absolute atomic E-state index is 0.00932. The summed E-state index contributed by atoms with van der Waals surface area (Å²) in [6, 6.07) is -0.00932. The number of ether oxygens (including phenoxy) is 1. The largest absolute Gasteiger partial charge is 0.394 e. The lowest BCUT2D eigenvalue weighted by molar-refractivity contribution is -0.154. The van der Waals surface area contributed by atoms with Crippen molar-refractivity contribution in [3.63, 3.8) is 0 Å². The first-order valence-electron chi connectivity index (χ1n) is 14.7. The van der Waals surface area contributed by atoms with Crippen LogP contribution >= 0.6 is 0 Å². The Hall–Kier alpha value is -0.690. The summed E-state index contributed by atoms with van der Waals surface area (Å²) in [5.41, 5.74) is 0.223. The van der Waals surface area contributed by atoms with E-state index in [-0.39, 0.29) is 24.0 Å². The Labute approximate surface area is 213 Å². The second-order valence-electron chi connectivity index (χ2n) is 13.2. The highest BCUT2D eigenvalue weighted by atomic mass is 16.5. The van der Waals surface area contributed by atoms with Crippen LogP contribution in [0.5, 0.6) is 0 Å². The van der Waals surface area contributed by atoms with Gasteiger partial charge in [-0.05, 0) is 114 Å². The number of hydrogen-bond donors (Lipinski definition) is 1. The summed E-state index contributed by atoms with van der Waals surface area (Å²) in [6.45, 7) is 5.08. The molecule has 1 spiro atoms. The number of amides is 1. The number of likely N-dealkylation sites (tertiary alicyclic amines) is 2. The molecule has 0 aromatic rings. The van der Waals surface area contributed by atoms with E-state index in [0.717, 1.165) is 18.4 Å². The number of carbonyl (C=O) groups is 1. The number of piperidine rings is 2. The molecule has 5 rings (SSSR count). The fourth-order valence-corrected chi connectivity index (χ4v) is 9.39. The molecule has 0 aromatic carbocycles. The lowest BCUT2D eigenvalue weighted by atomic mass is 9.57. The Balaban J connectivity index is 1.37. The summed E-state index contributed by atoms with van der Waals surface area (Å²) in [5, 5.41) is 10.6. The number of methoxy groups -OCH3 is 1. The summed E-state index contributed by atoms with van der Waals surface area (Å²) in [4.78, 5) is 20.4. The average Bonchev–Trinajstić information content (AvgIpc) is 3.25. The van der Waals surface area contributed by atoms with Crippen LogP contribution in [-0.4, -0.2) is 98.4 Å². The first-order chi connectivity index (χ1) is 16.9. The lowest BCUT2D eigenvalue weighted by Crippen LogP contribution is -2.64. The molecule has 0 aromatic heterocycles. The third kappa shape index (κ3) is 5.19. The first kappa shape index (κ1) is 25.9. The molecule has 1 N–H and O–H groups in total. The highest BCUT2D eigenvalue weighted by Crippen LogP contribution is 2.62. The Morgan fingerprint density at radius 2 is 1.77 bits per heavy atom. The maximum Gasteiger partial charge on any atom is 0.237 e. The van der Waals surface area contributed by atoms with Gasteiger partial charge in [-0.15, -0.1) is 0 Å². The molecule has 35 heavy (non-hydrogen) atoms. The highest BCUT2D eigenvalue weighted by Gasteiger charge is 2.61. The van der Waals surface area contributed by atoms with E-state index < -0.39 is 0 Å². The van der Waals surface area contributed by atoms with Crippen LogP contribution in [-0.2, 0) is 9.53 Å². The zero-order valence-electron chi connectivity index (χ0n) is 22.7. The van der Waals surface area contributed by atoms with Crippen molar-refractivity contribution in [1.82, 2.24) is 14.7 Å². The van der Waals surface area contributed by atoms with Crippen molar-refractivity contribution in [2.45, 2.75) is 82.8 Å². The number of hydrogen-bond acceptors (Lipinski definition) is 5. The fourth-order valence-electron chi connectivity index (χ4n) is 9.39. The predicted octanol–water partition coefficient (Wildman–Crippen LogP) is 3.48. The lowest BCUT2D eigenvalue weighted by Gasteiger charge is -2.58. The van der Waals surface area contributed by atoms with Crippen molar-refractivity contribution in [3.05, 3.63) is 0 Å². The molecule has 6 heteroatoms. The molecule has 1 amide bonds. The zero-order valence-corrected chi connectivity index (χ0v) is 22.7. The Morgan fingerprint density at radius 3 is 2.43 bits per heavy atom. The van der Waals surface area contributed by atoms with Crippen LogP contribution in [0.1, 0.15) is 70.6 Å². The summed E-state index contributed by atoms with van der Waals surface area (Å²) in [7, 11) is 5.83. The zero-order chi connectivity index (χ0) is 24.6. The van der Waals surface area contributed by atoms with Crippen molar-refractivity contribution in [3.8, 4) is 0 Å². The number of aliphatic hydroxyl groups excluding tert-OH is 1. The van der Waals surface area contributed by atoms with Crippen LogP contribution in [0.25, 0.3) is 0 Å². The van der Waals surface area contributed by atoms with E-state index in [4.69, 9.17) is 4.74 Å². The van der Waals surface area contributed by atoms with Gasteiger partial charge in [-0.3, -0.25) is 4.79 Å². The van der Waals surface area contributed by atoms with E-state index in [9.17, 15) is 9.90 Å². The van der Waals surface area contributed by atoms with Crippen LogP contribution in [0.4, 0.5) is 0 Å². The molecule has 5 unspecified atom stereocenters. The smallest absolute Gasteiger partial charge is 0.237 e. The van der Waals surface area contributed by atoms with Crippen LogP contribution < -0.4 is 0 Å². The van der Waals surface area contributed by atoms with E-state index in [0.29, 0.717) is 30.4 Å². The minimum Gasteiger partial charge on any atom is -0.394 e. The Morgan fingerprint density at radius 1 is 1.03 bits per heavy atom. The molecule has 2 saturated heterocycles. The van der Waals surface area contributed by atoms with Gasteiger partial charge in [0, 0.05) is 20.2 Å². The molecular formula is C29H51N3O3. The maximum absolute atomic E-state index is 13.5. The molecule has 200 valence electrons. The SMILES string of the molecule is COC1CCC2C(C1)CC1C2C2(CCN(CC3CCCCC3)CC2)CN(C(=O)CN(C)C)[C@@H]1CO. The summed E-state index contributed by atoms with van der Waals surface area (Å²) >= 11 is 0. The van der Waals surface area contributed by atoms with Crippen molar-refractivity contribution in [2.75, 3.05) is 60.5 Å². The summed E-state index contributed by atoms with van der Waals surface area (Å²) in [6.07, 6.45) is 14.7. The van der Waals surface area contributed by atoms with Crippen LogP contribution in [0.15, 0.2) is 0 Å². The molecular weight excluding hydrogens is 438 g/mol. The quantitative estimate of drug-likeness (QED) is 0.619. The molecule has 3 saturated carbocycles. The second kappa shape index (κ2) is 11.0. The highest BCUT2D eigenvalue weighted by molar-refractivity contribution is 5.79. The van der Waals surface area contributed by atoms with Crippen LogP contribution in [0, 0.1) is 35.0 Å². The molecule has 2 aliphatic heterocycles. The van der Waals surface area contributed by atoms with Crippen molar-refractivity contribution < 1.29 is 14.6 Å². The van der Waals surface area contributed by atoms with Gasteiger partial charge in [0.05, 0.1) is 25.3 Å². The van der Waals surface area contributed by atoms with Crippen molar-refractivity contribution in [2.24, 2.45) is 35.0 Å². The Bertz CT molecular complexity index is 716. The van der Waals surface area contributed by atoms with E-state index in [1.807, 2.05) is 26.1 Å². The van der Waals surface area contributed by atoms with Gasteiger partial charge < -0.3 is 24.5 Å². The normalized spacial score (nSPS) is 38.0. The number of nitrogens with zero attached hydrogens (tertiary/aromatic N) is 3. The average molecular weight is 490 g/mol. The summed E-state index contributed by atoms with van der Waals surface area (Å²) < 4.78 is 5.81. The molecule has 3 aliphatic carbocycles. The number of aliphatic hydroxyl groups is 1. The monoisotopic (exact) mass is 489 g/mol. The fraction of sp³-hybridized carbons (Fsp3) is 0.966. The molecule has 0 bridgehead atoms. The van der Waals surface area contributed by atoms with Gasteiger partial charge in [-0.25, -0.2) is 0 Å². The van der Waals surface area contributed by atoms with Crippen LogP contribution in [0.2, 0.25) is 0 Å². The topological polar surface area (TPSA) is 56.2 Å². The molecule has 5 aliphatic rings. The van der Waals surface area contributed by atoms with Crippen molar-refractivity contribution in [1.29, 1.82) is 0 Å².